The Morgan fingerprint density at radius 3 is 2.68 bits per heavy atom. The molecule has 3 rings (SSSR count). The Labute approximate surface area is 189 Å². The standard InChI is InChI=1S/C25H42N4O2/c1-4-29(25(30)11-14-27-17-15-26(2)16-18-27)21-23-8-6-12-28(20-23)13-10-22-7-5-9-24(19-22)31-3/h5,7,9,19,23H,4,6,8,10-18,20-21H2,1-3H3. The summed E-state index contributed by atoms with van der Waals surface area (Å²) in [6.07, 6.45) is 4.17. The van der Waals surface area contributed by atoms with E-state index >= 15 is 0 Å². The first-order valence-electron chi connectivity index (χ1n) is 12.1. The van der Waals surface area contributed by atoms with E-state index in [1.807, 2.05) is 6.07 Å². The number of amides is 1. The normalized spacial score (nSPS) is 21.2. The summed E-state index contributed by atoms with van der Waals surface area (Å²) in [5, 5.41) is 0. The van der Waals surface area contributed by atoms with E-state index in [0.29, 0.717) is 18.2 Å². The number of ether oxygens (including phenoxy) is 1. The molecule has 1 aromatic carbocycles. The average Bonchev–Trinajstić information content (AvgIpc) is 2.81. The molecule has 0 radical (unpaired) electrons. The van der Waals surface area contributed by atoms with Crippen LogP contribution in [0.15, 0.2) is 24.3 Å². The third-order valence-corrected chi connectivity index (χ3v) is 6.90. The van der Waals surface area contributed by atoms with Crippen molar-refractivity contribution in [1.82, 2.24) is 19.6 Å². The molecular weight excluding hydrogens is 388 g/mol. The summed E-state index contributed by atoms with van der Waals surface area (Å²) in [6, 6.07) is 8.39. The number of likely N-dealkylation sites (N-methyl/N-ethyl adjacent to an activating group) is 1. The van der Waals surface area contributed by atoms with Crippen molar-refractivity contribution in [3.05, 3.63) is 29.8 Å². The third kappa shape index (κ3) is 7.78. The molecule has 2 heterocycles. The highest BCUT2D eigenvalue weighted by Gasteiger charge is 2.24. The number of rotatable bonds is 10. The summed E-state index contributed by atoms with van der Waals surface area (Å²) >= 11 is 0. The van der Waals surface area contributed by atoms with Crippen LogP contribution in [0.5, 0.6) is 5.75 Å². The number of hydrogen-bond acceptors (Lipinski definition) is 5. The van der Waals surface area contributed by atoms with E-state index in [9.17, 15) is 4.79 Å². The highest BCUT2D eigenvalue weighted by molar-refractivity contribution is 5.76. The maximum Gasteiger partial charge on any atom is 0.223 e. The van der Waals surface area contributed by atoms with Crippen LogP contribution in [-0.4, -0.2) is 105 Å². The van der Waals surface area contributed by atoms with Crippen molar-refractivity contribution in [2.45, 2.75) is 32.6 Å². The van der Waals surface area contributed by atoms with Gasteiger partial charge in [0.25, 0.3) is 0 Å². The fourth-order valence-corrected chi connectivity index (χ4v) is 4.82. The number of piperazine rings is 1. The van der Waals surface area contributed by atoms with Crippen molar-refractivity contribution < 1.29 is 9.53 Å². The van der Waals surface area contributed by atoms with Crippen molar-refractivity contribution in [2.24, 2.45) is 5.92 Å². The second-order valence-electron chi connectivity index (χ2n) is 9.24. The van der Waals surface area contributed by atoms with Gasteiger partial charge in [-0.05, 0) is 63.4 Å². The minimum Gasteiger partial charge on any atom is -0.497 e. The van der Waals surface area contributed by atoms with Crippen molar-refractivity contribution >= 4 is 5.91 Å². The van der Waals surface area contributed by atoms with Gasteiger partial charge in [0.1, 0.15) is 5.75 Å². The lowest BCUT2D eigenvalue weighted by Crippen LogP contribution is -2.46. The molecule has 0 N–H and O–H groups in total. The van der Waals surface area contributed by atoms with Gasteiger partial charge in [0.15, 0.2) is 0 Å². The molecule has 1 amide bonds. The number of methoxy groups -OCH3 is 1. The molecule has 0 aromatic heterocycles. The molecule has 2 saturated heterocycles. The van der Waals surface area contributed by atoms with Crippen LogP contribution in [0.1, 0.15) is 31.7 Å². The largest absolute Gasteiger partial charge is 0.497 e. The van der Waals surface area contributed by atoms with E-state index in [2.05, 4.69) is 51.8 Å². The molecule has 2 aliphatic rings. The first kappa shape index (κ1) is 24.0. The molecule has 6 heteroatoms. The fourth-order valence-electron chi connectivity index (χ4n) is 4.82. The zero-order chi connectivity index (χ0) is 22.1. The second kappa shape index (κ2) is 12.4. The topological polar surface area (TPSA) is 39.3 Å². The SMILES string of the molecule is CCN(CC1CCCN(CCc2cccc(OC)c2)C1)C(=O)CCN1CCN(C)CC1. The van der Waals surface area contributed by atoms with Gasteiger partial charge < -0.3 is 24.3 Å². The zero-order valence-corrected chi connectivity index (χ0v) is 19.9. The minimum atomic E-state index is 0.329. The molecule has 0 aliphatic carbocycles. The van der Waals surface area contributed by atoms with E-state index in [0.717, 1.165) is 71.1 Å². The molecule has 0 saturated carbocycles. The monoisotopic (exact) mass is 430 g/mol. The molecule has 31 heavy (non-hydrogen) atoms. The van der Waals surface area contributed by atoms with Crippen molar-refractivity contribution in [2.75, 3.05) is 79.6 Å². The van der Waals surface area contributed by atoms with Crippen LogP contribution in [-0.2, 0) is 11.2 Å². The summed E-state index contributed by atoms with van der Waals surface area (Å²) < 4.78 is 5.35. The van der Waals surface area contributed by atoms with Gasteiger partial charge in [-0.1, -0.05) is 12.1 Å². The zero-order valence-electron chi connectivity index (χ0n) is 19.9. The molecule has 6 nitrogen and oxygen atoms in total. The number of likely N-dealkylation sites (tertiary alicyclic amines) is 1. The molecule has 1 atom stereocenters. The van der Waals surface area contributed by atoms with E-state index in [1.165, 1.54) is 24.9 Å². The lowest BCUT2D eigenvalue weighted by molar-refractivity contribution is -0.132. The number of hydrogen-bond donors (Lipinski definition) is 0. The summed E-state index contributed by atoms with van der Waals surface area (Å²) in [7, 11) is 3.89. The van der Waals surface area contributed by atoms with Gasteiger partial charge in [-0.25, -0.2) is 0 Å². The van der Waals surface area contributed by atoms with E-state index in [4.69, 9.17) is 4.74 Å². The van der Waals surface area contributed by atoms with Crippen molar-refractivity contribution in [1.29, 1.82) is 0 Å². The van der Waals surface area contributed by atoms with Crippen LogP contribution >= 0.6 is 0 Å². The Bertz CT molecular complexity index is 675. The van der Waals surface area contributed by atoms with Crippen LogP contribution in [0.3, 0.4) is 0 Å². The molecule has 2 aliphatic heterocycles. The summed E-state index contributed by atoms with van der Waals surface area (Å²) in [6.45, 7) is 12.5. The number of benzene rings is 1. The smallest absolute Gasteiger partial charge is 0.223 e. The quantitative estimate of drug-likeness (QED) is 0.570. The van der Waals surface area contributed by atoms with Gasteiger partial charge in [-0.3, -0.25) is 4.79 Å². The van der Waals surface area contributed by atoms with Gasteiger partial charge in [0.2, 0.25) is 5.91 Å². The van der Waals surface area contributed by atoms with Crippen LogP contribution < -0.4 is 4.74 Å². The highest BCUT2D eigenvalue weighted by atomic mass is 16.5. The molecule has 1 aromatic rings. The Morgan fingerprint density at radius 2 is 1.94 bits per heavy atom. The Kier molecular flexibility index (Phi) is 9.62. The number of nitrogens with zero attached hydrogens (tertiary/aromatic N) is 4. The minimum absolute atomic E-state index is 0.329. The maximum absolute atomic E-state index is 12.9. The van der Waals surface area contributed by atoms with Gasteiger partial charge in [-0.15, -0.1) is 0 Å². The van der Waals surface area contributed by atoms with E-state index < -0.39 is 0 Å². The molecule has 0 spiro atoms. The van der Waals surface area contributed by atoms with Gasteiger partial charge in [0.05, 0.1) is 7.11 Å². The highest BCUT2D eigenvalue weighted by Crippen LogP contribution is 2.20. The lowest BCUT2D eigenvalue weighted by atomic mass is 9.96. The van der Waals surface area contributed by atoms with Crippen LogP contribution in [0, 0.1) is 5.92 Å². The first-order valence-corrected chi connectivity index (χ1v) is 12.1. The first-order chi connectivity index (χ1) is 15.1. The lowest BCUT2D eigenvalue weighted by Gasteiger charge is -2.36. The van der Waals surface area contributed by atoms with Gasteiger partial charge in [-0.2, -0.15) is 0 Å². The van der Waals surface area contributed by atoms with Crippen molar-refractivity contribution in [3.63, 3.8) is 0 Å². The summed E-state index contributed by atoms with van der Waals surface area (Å²) in [5.41, 5.74) is 1.33. The Balaban J connectivity index is 1.41. The van der Waals surface area contributed by atoms with Crippen molar-refractivity contribution in [3.8, 4) is 5.75 Å². The molecule has 174 valence electrons. The molecule has 0 bridgehead atoms. The third-order valence-electron chi connectivity index (χ3n) is 6.90. The second-order valence-corrected chi connectivity index (χ2v) is 9.24. The number of carbonyl (C=O) groups is 1. The average molecular weight is 431 g/mol. The Morgan fingerprint density at radius 1 is 1.13 bits per heavy atom. The van der Waals surface area contributed by atoms with E-state index in [1.54, 1.807) is 7.11 Å². The summed E-state index contributed by atoms with van der Waals surface area (Å²) in [4.78, 5) is 22.4. The Hall–Kier alpha value is -1.63. The van der Waals surface area contributed by atoms with Gasteiger partial charge >= 0.3 is 0 Å². The predicted molar refractivity (Wildman–Crippen MR) is 127 cm³/mol. The van der Waals surface area contributed by atoms with Crippen LogP contribution in [0.2, 0.25) is 0 Å². The van der Waals surface area contributed by atoms with Gasteiger partial charge in [0, 0.05) is 65.3 Å². The van der Waals surface area contributed by atoms with Crippen LogP contribution in [0.4, 0.5) is 0 Å². The predicted octanol–water partition coefficient (Wildman–Crippen LogP) is 2.44. The van der Waals surface area contributed by atoms with E-state index in [-0.39, 0.29) is 0 Å². The van der Waals surface area contributed by atoms with Crippen LogP contribution in [0.25, 0.3) is 0 Å². The molecular formula is C25H42N4O2. The number of piperidine rings is 1. The molecule has 2 fully saturated rings. The summed E-state index contributed by atoms with van der Waals surface area (Å²) in [5.74, 6) is 1.85. The molecule has 1 unspecified atom stereocenters. The number of carbonyl (C=O) groups excluding carboxylic acids is 1. The maximum atomic E-state index is 12.9. The fraction of sp³-hybridized carbons (Fsp3) is 0.720.